The van der Waals surface area contributed by atoms with Gasteiger partial charge in [-0.05, 0) is 52.2 Å². The Hall–Kier alpha value is -1.64. The zero-order chi connectivity index (χ0) is 16.4. The molecule has 3 heteroatoms. The first-order valence-corrected chi connectivity index (χ1v) is 7.47. The van der Waals surface area contributed by atoms with Gasteiger partial charge in [-0.3, -0.25) is 0 Å². The lowest BCUT2D eigenvalue weighted by atomic mass is 10.0. The van der Waals surface area contributed by atoms with Crippen LogP contribution in [-0.4, -0.2) is 12.1 Å². The summed E-state index contributed by atoms with van der Waals surface area (Å²) in [7, 11) is 0. The van der Waals surface area contributed by atoms with E-state index in [1.807, 2.05) is 26.8 Å². The fourth-order valence-corrected chi connectivity index (χ4v) is 1.60. The molecule has 0 aliphatic heterocycles. The summed E-state index contributed by atoms with van der Waals surface area (Å²) in [6, 6.07) is 0. The molecule has 0 bridgehead atoms. The lowest BCUT2D eigenvalue weighted by Gasteiger charge is -2.12. The van der Waals surface area contributed by atoms with Crippen molar-refractivity contribution in [3.63, 3.8) is 0 Å². The van der Waals surface area contributed by atoms with Crippen LogP contribution in [0.4, 0.5) is 4.39 Å². The molecular weight excluding hydrogens is 267 g/mol. The normalized spacial score (nSPS) is 14.7. The Kier molecular flexibility index (Phi) is 9.35. The Morgan fingerprint density at radius 1 is 1.24 bits per heavy atom. The van der Waals surface area contributed by atoms with E-state index in [0.717, 1.165) is 12.0 Å². The number of allylic oxidation sites excluding steroid dienone is 6. The Bertz CT molecular complexity index is 466. The van der Waals surface area contributed by atoms with Crippen LogP contribution in [0.2, 0.25) is 0 Å². The topological polar surface area (TPSA) is 26.3 Å². The smallest absolute Gasteiger partial charge is 0.338 e. The second kappa shape index (κ2) is 10.1. The van der Waals surface area contributed by atoms with Crippen molar-refractivity contribution in [1.29, 1.82) is 0 Å². The van der Waals surface area contributed by atoms with Crippen molar-refractivity contribution in [3.05, 3.63) is 46.9 Å². The van der Waals surface area contributed by atoms with Crippen LogP contribution in [0.5, 0.6) is 0 Å². The van der Waals surface area contributed by atoms with Gasteiger partial charge in [0.2, 0.25) is 0 Å². The fraction of sp³-hybridized carbons (Fsp3) is 0.500. The van der Waals surface area contributed by atoms with Gasteiger partial charge in [0.25, 0.3) is 0 Å². The van der Waals surface area contributed by atoms with Crippen molar-refractivity contribution in [2.75, 3.05) is 0 Å². The molecule has 0 N–H and O–H groups in total. The molecule has 118 valence electrons. The summed E-state index contributed by atoms with van der Waals surface area (Å²) >= 11 is 0. The van der Waals surface area contributed by atoms with Crippen molar-refractivity contribution in [2.45, 2.75) is 60.5 Å². The minimum absolute atomic E-state index is 0.207. The van der Waals surface area contributed by atoms with Crippen LogP contribution in [0.1, 0.15) is 54.4 Å². The van der Waals surface area contributed by atoms with Crippen molar-refractivity contribution < 1.29 is 13.9 Å². The zero-order valence-corrected chi connectivity index (χ0v) is 14.0. The number of carbonyl (C=O) groups is 1. The Balaban J connectivity index is 5.78. The molecule has 2 nitrogen and oxygen atoms in total. The van der Waals surface area contributed by atoms with Crippen LogP contribution in [0.3, 0.4) is 0 Å². The van der Waals surface area contributed by atoms with Gasteiger partial charge in [-0.25, -0.2) is 9.18 Å². The van der Waals surface area contributed by atoms with E-state index in [-0.39, 0.29) is 11.9 Å². The largest absolute Gasteiger partial charge is 0.459 e. The molecule has 0 aliphatic rings. The third-order valence-corrected chi connectivity index (χ3v) is 2.81. The van der Waals surface area contributed by atoms with Gasteiger partial charge in [-0.15, -0.1) is 0 Å². The molecule has 0 unspecified atom stereocenters. The molecule has 0 aromatic carbocycles. The quantitative estimate of drug-likeness (QED) is 0.355. The summed E-state index contributed by atoms with van der Waals surface area (Å²) in [6.07, 6.45) is 7.67. The maximum absolute atomic E-state index is 13.6. The van der Waals surface area contributed by atoms with Crippen LogP contribution in [0.15, 0.2) is 46.9 Å². The molecule has 0 aliphatic carbocycles. The first kappa shape index (κ1) is 19.4. The molecule has 0 amide bonds. The van der Waals surface area contributed by atoms with Crippen LogP contribution in [0.25, 0.3) is 0 Å². The number of rotatable bonds is 7. The van der Waals surface area contributed by atoms with E-state index in [0.29, 0.717) is 17.6 Å². The van der Waals surface area contributed by atoms with Gasteiger partial charge in [0.05, 0.1) is 11.7 Å². The Morgan fingerprint density at radius 3 is 2.29 bits per heavy atom. The molecule has 0 rings (SSSR count). The summed E-state index contributed by atoms with van der Waals surface area (Å²) in [5.74, 6) is -0.786. The zero-order valence-electron chi connectivity index (χ0n) is 14.0. The lowest BCUT2D eigenvalue weighted by molar-refractivity contribution is -0.142. The van der Waals surface area contributed by atoms with Gasteiger partial charge in [-0.2, -0.15) is 0 Å². The van der Waals surface area contributed by atoms with Crippen molar-refractivity contribution in [1.82, 2.24) is 0 Å². The SMILES string of the molecule is C\C=C(F)/C=C(C=C(C)CC)/C(=C\CC)C(=O)OC(C)C. The molecule has 0 atom stereocenters. The maximum Gasteiger partial charge on any atom is 0.338 e. The van der Waals surface area contributed by atoms with E-state index < -0.39 is 5.97 Å². The molecule has 0 radical (unpaired) electrons. The predicted molar refractivity (Wildman–Crippen MR) is 86.6 cm³/mol. The monoisotopic (exact) mass is 294 g/mol. The second-order valence-electron chi connectivity index (χ2n) is 5.10. The van der Waals surface area contributed by atoms with E-state index in [1.54, 1.807) is 26.8 Å². The first-order chi connectivity index (χ1) is 9.85. The highest BCUT2D eigenvalue weighted by Crippen LogP contribution is 2.21. The summed E-state index contributed by atoms with van der Waals surface area (Å²) < 4.78 is 18.9. The average Bonchev–Trinajstić information content (AvgIpc) is 2.42. The van der Waals surface area contributed by atoms with E-state index in [4.69, 9.17) is 4.74 Å². The van der Waals surface area contributed by atoms with Crippen LogP contribution in [0, 0.1) is 0 Å². The second-order valence-corrected chi connectivity index (χ2v) is 5.10. The van der Waals surface area contributed by atoms with E-state index in [9.17, 15) is 9.18 Å². The van der Waals surface area contributed by atoms with E-state index in [1.165, 1.54) is 12.2 Å². The number of hydrogen-bond donors (Lipinski definition) is 0. The minimum Gasteiger partial charge on any atom is -0.459 e. The Morgan fingerprint density at radius 2 is 1.86 bits per heavy atom. The predicted octanol–water partition coefficient (Wildman–Crippen LogP) is 5.43. The van der Waals surface area contributed by atoms with Gasteiger partial charge in [0.15, 0.2) is 0 Å². The summed E-state index contributed by atoms with van der Waals surface area (Å²) in [4.78, 5) is 12.2. The molecule has 0 aromatic heterocycles. The van der Waals surface area contributed by atoms with E-state index in [2.05, 4.69) is 0 Å². The number of ether oxygens (including phenoxy) is 1. The molecule has 21 heavy (non-hydrogen) atoms. The van der Waals surface area contributed by atoms with Crippen molar-refractivity contribution >= 4 is 5.97 Å². The van der Waals surface area contributed by atoms with E-state index >= 15 is 0 Å². The lowest BCUT2D eigenvalue weighted by Crippen LogP contribution is -2.15. The molecule has 0 aromatic rings. The molecule has 0 saturated heterocycles. The van der Waals surface area contributed by atoms with Gasteiger partial charge < -0.3 is 4.74 Å². The van der Waals surface area contributed by atoms with Crippen molar-refractivity contribution in [3.8, 4) is 0 Å². The summed E-state index contributed by atoms with van der Waals surface area (Å²) in [5.41, 5.74) is 2.04. The highest BCUT2D eigenvalue weighted by atomic mass is 19.1. The maximum atomic E-state index is 13.6. The Labute approximate surface area is 128 Å². The molecule has 0 saturated carbocycles. The molecule has 0 fully saturated rings. The average molecular weight is 294 g/mol. The number of hydrogen-bond acceptors (Lipinski definition) is 2. The van der Waals surface area contributed by atoms with Crippen LogP contribution in [-0.2, 0) is 9.53 Å². The van der Waals surface area contributed by atoms with Gasteiger partial charge in [0.1, 0.15) is 5.83 Å². The highest BCUT2D eigenvalue weighted by molar-refractivity contribution is 5.94. The third kappa shape index (κ3) is 7.64. The third-order valence-electron chi connectivity index (χ3n) is 2.81. The number of esters is 1. The standard InChI is InChI=1S/C18H27FO2/c1-7-10-17(18(20)21-13(4)5)15(11-14(6)8-2)12-16(19)9-3/h9-13H,7-8H2,1-6H3/b14-11?,15-12+,16-9+,17-10+. The van der Waals surface area contributed by atoms with Crippen molar-refractivity contribution in [2.24, 2.45) is 0 Å². The summed E-state index contributed by atoms with van der Waals surface area (Å²) in [6.45, 7) is 11.1. The highest BCUT2D eigenvalue weighted by Gasteiger charge is 2.16. The van der Waals surface area contributed by atoms with Crippen LogP contribution >= 0.6 is 0 Å². The number of carbonyl (C=O) groups excluding carboxylic acids is 1. The van der Waals surface area contributed by atoms with Crippen LogP contribution < -0.4 is 0 Å². The first-order valence-electron chi connectivity index (χ1n) is 7.47. The molecule has 0 heterocycles. The van der Waals surface area contributed by atoms with Gasteiger partial charge in [-0.1, -0.05) is 37.6 Å². The van der Waals surface area contributed by atoms with Gasteiger partial charge in [0, 0.05) is 0 Å². The van der Waals surface area contributed by atoms with Gasteiger partial charge >= 0.3 is 5.97 Å². The fourth-order valence-electron chi connectivity index (χ4n) is 1.60. The molecule has 0 spiro atoms. The molecular formula is C18H27FO2. The number of halogens is 1. The summed E-state index contributed by atoms with van der Waals surface area (Å²) in [5, 5.41) is 0. The minimum atomic E-state index is -0.415.